The van der Waals surface area contributed by atoms with Gasteiger partial charge in [0.2, 0.25) is 0 Å². The van der Waals surface area contributed by atoms with Crippen molar-refractivity contribution in [3.05, 3.63) is 95.0 Å². The van der Waals surface area contributed by atoms with Gasteiger partial charge >= 0.3 is 12.0 Å². The number of amides is 3. The van der Waals surface area contributed by atoms with E-state index in [0.29, 0.717) is 43.0 Å². The van der Waals surface area contributed by atoms with Gasteiger partial charge in [0.1, 0.15) is 5.82 Å². The molecule has 2 aromatic carbocycles. The number of urea groups is 1. The molecule has 2 aliphatic heterocycles. The van der Waals surface area contributed by atoms with Crippen molar-refractivity contribution in [3.8, 4) is 0 Å². The summed E-state index contributed by atoms with van der Waals surface area (Å²) in [4.78, 5) is 45.1. The number of carbonyl (C=O) groups excluding carboxylic acids is 3. The first-order valence-electron chi connectivity index (χ1n) is 13.2. The molecule has 0 bridgehead atoms. The number of hydrogen-bond acceptors (Lipinski definition) is 5. The summed E-state index contributed by atoms with van der Waals surface area (Å²) < 4.78 is 19.2. The fourth-order valence-corrected chi connectivity index (χ4v) is 5.13. The molecule has 9 heteroatoms. The molecule has 2 heterocycles. The van der Waals surface area contributed by atoms with Crippen LogP contribution in [0.25, 0.3) is 0 Å². The van der Waals surface area contributed by atoms with Gasteiger partial charge in [-0.25, -0.2) is 14.0 Å². The van der Waals surface area contributed by atoms with Crippen LogP contribution in [0.15, 0.2) is 72.5 Å². The minimum absolute atomic E-state index is 0.167. The Balaban J connectivity index is 1.64. The summed E-state index contributed by atoms with van der Waals surface area (Å²) in [7, 11) is 0. The number of esters is 1. The maximum atomic E-state index is 13.7. The normalized spacial score (nSPS) is 20.1. The molecule has 39 heavy (non-hydrogen) atoms. The van der Waals surface area contributed by atoms with Gasteiger partial charge in [0, 0.05) is 50.0 Å². The highest BCUT2D eigenvalue weighted by Crippen LogP contribution is 2.32. The zero-order valence-electron chi connectivity index (χ0n) is 22.7. The van der Waals surface area contributed by atoms with Crippen molar-refractivity contribution in [2.24, 2.45) is 0 Å². The van der Waals surface area contributed by atoms with Gasteiger partial charge in [0.25, 0.3) is 5.91 Å². The second-order valence-electron chi connectivity index (χ2n) is 9.87. The first kappa shape index (κ1) is 28.0. The molecule has 2 atom stereocenters. The molecule has 4 rings (SSSR count). The standard InChI is InChI=1S/C30H35FN4O4/c1-5-14-35-25(19-33-15-16-34(21(4)18-33)28(36)23-8-7-9-24(31)17-23)26(29(37)39-6-2)27(32-30(35)38)22-12-10-20(3)11-13-22/h5,7-13,17,21,27H,1,6,14-16,18-19H2,2-4H3,(H,32,38). The zero-order valence-corrected chi connectivity index (χ0v) is 22.7. The van der Waals surface area contributed by atoms with Crippen LogP contribution in [0.5, 0.6) is 0 Å². The van der Waals surface area contributed by atoms with Gasteiger partial charge < -0.3 is 15.0 Å². The first-order valence-corrected chi connectivity index (χ1v) is 13.2. The third-order valence-corrected chi connectivity index (χ3v) is 7.07. The zero-order chi connectivity index (χ0) is 28.1. The second-order valence-corrected chi connectivity index (χ2v) is 9.87. The van der Waals surface area contributed by atoms with E-state index in [1.54, 1.807) is 24.0 Å². The first-order chi connectivity index (χ1) is 18.7. The Morgan fingerprint density at radius 3 is 2.56 bits per heavy atom. The summed E-state index contributed by atoms with van der Waals surface area (Å²) in [6, 6.07) is 12.2. The molecular formula is C30H35FN4O4. The number of aryl methyl sites for hydroxylation is 1. The summed E-state index contributed by atoms with van der Waals surface area (Å²) in [5.41, 5.74) is 3.10. The van der Waals surface area contributed by atoms with E-state index < -0.39 is 17.8 Å². The maximum absolute atomic E-state index is 13.7. The van der Waals surface area contributed by atoms with Crippen molar-refractivity contribution >= 4 is 17.9 Å². The summed E-state index contributed by atoms with van der Waals surface area (Å²) in [5.74, 6) is -1.16. The number of piperazine rings is 1. The highest BCUT2D eigenvalue weighted by atomic mass is 19.1. The fourth-order valence-electron chi connectivity index (χ4n) is 5.13. The summed E-state index contributed by atoms with van der Waals surface area (Å²) in [6.07, 6.45) is 1.62. The quantitative estimate of drug-likeness (QED) is 0.408. The van der Waals surface area contributed by atoms with Crippen molar-refractivity contribution < 1.29 is 23.5 Å². The Kier molecular flexibility index (Phi) is 8.81. The molecule has 3 amide bonds. The average molecular weight is 535 g/mol. The molecule has 8 nitrogen and oxygen atoms in total. The molecule has 0 aliphatic carbocycles. The summed E-state index contributed by atoms with van der Waals surface area (Å²) >= 11 is 0. The van der Waals surface area contributed by atoms with E-state index >= 15 is 0 Å². The molecule has 0 spiro atoms. The molecule has 1 N–H and O–H groups in total. The maximum Gasteiger partial charge on any atom is 0.338 e. The Hall–Kier alpha value is -3.98. The van der Waals surface area contributed by atoms with Crippen molar-refractivity contribution in [3.63, 3.8) is 0 Å². The number of carbonyl (C=O) groups is 3. The van der Waals surface area contributed by atoms with Crippen molar-refractivity contribution in [1.29, 1.82) is 0 Å². The Labute approximate surface area is 228 Å². The highest BCUT2D eigenvalue weighted by Gasteiger charge is 2.39. The molecule has 2 unspecified atom stereocenters. The third kappa shape index (κ3) is 6.20. The van der Waals surface area contributed by atoms with Gasteiger partial charge in [-0.1, -0.05) is 42.0 Å². The number of halogens is 1. The Morgan fingerprint density at radius 2 is 1.92 bits per heavy atom. The summed E-state index contributed by atoms with van der Waals surface area (Å²) in [5, 5.41) is 2.98. The number of nitrogens with one attached hydrogen (secondary N) is 1. The van der Waals surface area contributed by atoms with Gasteiger partial charge in [-0.15, -0.1) is 6.58 Å². The molecule has 1 saturated heterocycles. The lowest BCUT2D eigenvalue weighted by molar-refractivity contribution is -0.139. The van der Waals surface area contributed by atoms with Crippen LogP contribution in [0.2, 0.25) is 0 Å². The van der Waals surface area contributed by atoms with Crippen LogP contribution in [0.3, 0.4) is 0 Å². The van der Waals surface area contributed by atoms with Crippen LogP contribution in [0.4, 0.5) is 9.18 Å². The monoisotopic (exact) mass is 534 g/mol. The van der Waals surface area contributed by atoms with Gasteiger partial charge in [-0.05, 0) is 44.5 Å². The smallest absolute Gasteiger partial charge is 0.338 e. The van der Waals surface area contributed by atoms with E-state index in [0.717, 1.165) is 11.1 Å². The van der Waals surface area contributed by atoms with E-state index in [1.807, 2.05) is 38.1 Å². The van der Waals surface area contributed by atoms with Crippen LogP contribution in [0, 0.1) is 12.7 Å². The number of ether oxygens (including phenoxy) is 1. The summed E-state index contributed by atoms with van der Waals surface area (Å²) in [6.45, 7) is 11.6. The SMILES string of the molecule is C=CCN1C(=O)NC(c2ccc(C)cc2)C(C(=O)OCC)=C1CN1CCN(C(=O)c2cccc(F)c2)C(C)C1. The molecule has 0 radical (unpaired) electrons. The lowest BCUT2D eigenvalue weighted by Crippen LogP contribution is -2.56. The molecule has 1 fully saturated rings. The Bertz CT molecular complexity index is 1280. The van der Waals surface area contributed by atoms with Gasteiger partial charge in [-0.2, -0.15) is 0 Å². The molecule has 2 aromatic rings. The third-order valence-electron chi connectivity index (χ3n) is 7.07. The van der Waals surface area contributed by atoms with Crippen LogP contribution in [-0.2, 0) is 9.53 Å². The van der Waals surface area contributed by atoms with Crippen molar-refractivity contribution in [1.82, 2.24) is 20.0 Å². The Morgan fingerprint density at radius 1 is 1.18 bits per heavy atom. The molecule has 2 aliphatic rings. The van der Waals surface area contributed by atoms with Crippen molar-refractivity contribution in [2.45, 2.75) is 32.9 Å². The topological polar surface area (TPSA) is 82.2 Å². The highest BCUT2D eigenvalue weighted by molar-refractivity contribution is 5.95. The van der Waals surface area contributed by atoms with Gasteiger partial charge in [0.15, 0.2) is 0 Å². The minimum atomic E-state index is -0.665. The van der Waals surface area contributed by atoms with E-state index in [4.69, 9.17) is 4.74 Å². The van der Waals surface area contributed by atoms with E-state index in [2.05, 4.69) is 16.8 Å². The average Bonchev–Trinajstić information content (AvgIpc) is 2.91. The predicted molar refractivity (Wildman–Crippen MR) is 146 cm³/mol. The predicted octanol–water partition coefficient (Wildman–Crippen LogP) is 4.05. The molecule has 206 valence electrons. The molecule has 0 aromatic heterocycles. The van der Waals surface area contributed by atoms with Crippen LogP contribution < -0.4 is 5.32 Å². The van der Waals surface area contributed by atoms with E-state index in [9.17, 15) is 18.8 Å². The number of rotatable bonds is 8. The largest absolute Gasteiger partial charge is 0.463 e. The minimum Gasteiger partial charge on any atom is -0.463 e. The molecule has 0 saturated carbocycles. The second kappa shape index (κ2) is 12.3. The van der Waals surface area contributed by atoms with Gasteiger partial charge in [0.05, 0.1) is 18.2 Å². The number of benzene rings is 2. The lowest BCUT2D eigenvalue weighted by atomic mass is 9.93. The molecular weight excluding hydrogens is 499 g/mol. The fraction of sp³-hybridized carbons (Fsp3) is 0.367. The van der Waals surface area contributed by atoms with Crippen LogP contribution in [-0.4, -0.2) is 78.0 Å². The number of nitrogens with zero attached hydrogens (tertiary/aromatic N) is 3. The van der Waals surface area contributed by atoms with Crippen LogP contribution in [0.1, 0.15) is 41.4 Å². The van der Waals surface area contributed by atoms with Crippen molar-refractivity contribution in [2.75, 3.05) is 39.3 Å². The number of hydrogen-bond donors (Lipinski definition) is 1. The van der Waals surface area contributed by atoms with Gasteiger partial charge in [-0.3, -0.25) is 14.6 Å². The van der Waals surface area contributed by atoms with E-state index in [1.165, 1.54) is 23.1 Å². The van der Waals surface area contributed by atoms with Crippen LogP contribution >= 0.6 is 0 Å². The lowest BCUT2D eigenvalue weighted by Gasteiger charge is -2.43. The van der Waals surface area contributed by atoms with E-state index in [-0.39, 0.29) is 31.1 Å².